The average Bonchev–Trinajstić information content (AvgIpc) is 3.21. The van der Waals surface area contributed by atoms with Crippen molar-refractivity contribution in [3.8, 4) is 0 Å². The summed E-state index contributed by atoms with van der Waals surface area (Å²) in [6.45, 7) is 3.92. The fraction of sp³-hybridized carbons (Fsp3) is 0.250. The average molecular weight is 325 g/mol. The van der Waals surface area contributed by atoms with Gasteiger partial charge < -0.3 is 10.1 Å². The summed E-state index contributed by atoms with van der Waals surface area (Å²) < 4.78 is 10.1. The van der Waals surface area contributed by atoms with Gasteiger partial charge in [-0.3, -0.25) is 5.10 Å². The molecule has 0 bridgehead atoms. The second-order valence-corrected chi connectivity index (χ2v) is 5.50. The summed E-state index contributed by atoms with van der Waals surface area (Å²) in [6, 6.07) is 5.58. The molecule has 1 atom stereocenters. The Kier molecular flexibility index (Phi) is 3.30. The molecule has 24 heavy (non-hydrogen) atoms. The summed E-state index contributed by atoms with van der Waals surface area (Å²) in [5.74, 6) is 0.0152. The molecule has 122 valence electrons. The highest BCUT2D eigenvalue weighted by Gasteiger charge is 2.35. The Labute approximate surface area is 136 Å². The number of fused-ring (bicyclic) bond motifs is 2. The number of rotatable bonds is 3. The van der Waals surface area contributed by atoms with Gasteiger partial charge in [-0.25, -0.2) is 9.42 Å². The lowest BCUT2D eigenvalue weighted by molar-refractivity contribution is -0.138. The molecule has 1 aliphatic rings. The minimum absolute atomic E-state index is 0.302. The first-order valence-corrected chi connectivity index (χ1v) is 7.60. The number of hydrogen-bond donors (Lipinski definition) is 2. The Balaban J connectivity index is 1.96. The Morgan fingerprint density at radius 1 is 1.33 bits per heavy atom. The molecule has 2 aromatic heterocycles. The van der Waals surface area contributed by atoms with Gasteiger partial charge in [0.15, 0.2) is 0 Å². The molecular weight excluding hydrogens is 310 g/mol. The fourth-order valence-electron chi connectivity index (χ4n) is 3.10. The van der Waals surface area contributed by atoms with Crippen molar-refractivity contribution < 1.29 is 14.2 Å². The van der Waals surface area contributed by atoms with Crippen LogP contribution in [0.2, 0.25) is 0 Å². The van der Waals surface area contributed by atoms with E-state index < -0.39 is 0 Å². The van der Waals surface area contributed by atoms with E-state index >= 15 is 0 Å². The second-order valence-electron chi connectivity index (χ2n) is 5.50. The quantitative estimate of drug-likeness (QED) is 0.712. The minimum Gasteiger partial charge on any atom is -0.463 e. The van der Waals surface area contributed by atoms with Crippen molar-refractivity contribution in [1.29, 1.82) is 0 Å². The van der Waals surface area contributed by atoms with Gasteiger partial charge in [0.25, 0.3) is 0 Å². The number of allylic oxidation sites excluding steroid dienone is 1. The number of anilines is 1. The molecule has 0 spiro atoms. The first kappa shape index (κ1) is 14.4. The molecule has 3 aromatic rings. The van der Waals surface area contributed by atoms with Crippen LogP contribution in [-0.2, 0) is 9.53 Å². The standard InChI is InChI=1S/C16H15N5O3/c1-3-23-16(22)12-8(2)18-15-10(7-17-19-15)13(12)9-5-4-6-11-14(9)21-24-20-11/h4-7,13H,3H2,1-2H3,(H2,17,18,19). The van der Waals surface area contributed by atoms with Crippen LogP contribution in [0.3, 0.4) is 0 Å². The molecule has 1 aliphatic heterocycles. The number of carbonyl (C=O) groups excluding carboxylic acids is 1. The van der Waals surface area contributed by atoms with E-state index in [1.807, 2.05) is 25.1 Å². The van der Waals surface area contributed by atoms with Crippen LogP contribution in [0.4, 0.5) is 5.82 Å². The summed E-state index contributed by atoms with van der Waals surface area (Å²) >= 11 is 0. The normalized spacial score (nSPS) is 16.8. The van der Waals surface area contributed by atoms with Crippen molar-refractivity contribution in [2.75, 3.05) is 11.9 Å². The third-order valence-electron chi connectivity index (χ3n) is 4.11. The number of carbonyl (C=O) groups is 1. The molecule has 8 heteroatoms. The van der Waals surface area contributed by atoms with E-state index in [9.17, 15) is 4.79 Å². The number of nitrogens with zero attached hydrogens (tertiary/aromatic N) is 3. The summed E-state index contributed by atoms with van der Waals surface area (Å²) in [5, 5.41) is 18.1. The van der Waals surface area contributed by atoms with E-state index in [-0.39, 0.29) is 11.9 Å². The van der Waals surface area contributed by atoms with Crippen LogP contribution in [0.25, 0.3) is 11.0 Å². The van der Waals surface area contributed by atoms with E-state index in [2.05, 4.69) is 25.8 Å². The van der Waals surface area contributed by atoms with E-state index in [1.54, 1.807) is 13.1 Å². The number of aromatic amines is 1. The summed E-state index contributed by atoms with van der Waals surface area (Å²) in [7, 11) is 0. The monoisotopic (exact) mass is 325 g/mol. The minimum atomic E-state index is -0.368. The number of ether oxygens (including phenoxy) is 1. The van der Waals surface area contributed by atoms with Crippen LogP contribution in [0.15, 0.2) is 40.3 Å². The van der Waals surface area contributed by atoms with Crippen molar-refractivity contribution in [3.63, 3.8) is 0 Å². The van der Waals surface area contributed by atoms with Crippen LogP contribution >= 0.6 is 0 Å². The van der Waals surface area contributed by atoms with Crippen molar-refractivity contribution in [3.05, 3.63) is 46.8 Å². The zero-order chi connectivity index (χ0) is 16.7. The molecule has 0 radical (unpaired) electrons. The Bertz CT molecular complexity index is 955. The highest BCUT2D eigenvalue weighted by atomic mass is 16.6. The second kappa shape index (κ2) is 5.48. The van der Waals surface area contributed by atoms with Crippen molar-refractivity contribution >= 4 is 22.8 Å². The number of benzene rings is 1. The molecule has 0 aliphatic carbocycles. The van der Waals surface area contributed by atoms with Gasteiger partial charge in [-0.05, 0) is 35.8 Å². The predicted molar refractivity (Wildman–Crippen MR) is 85.2 cm³/mol. The number of nitrogens with one attached hydrogen (secondary N) is 2. The van der Waals surface area contributed by atoms with Gasteiger partial charge >= 0.3 is 5.97 Å². The maximum atomic E-state index is 12.6. The lowest BCUT2D eigenvalue weighted by Gasteiger charge is -2.27. The molecule has 0 saturated heterocycles. The molecule has 2 N–H and O–H groups in total. The largest absolute Gasteiger partial charge is 0.463 e. The van der Waals surface area contributed by atoms with Gasteiger partial charge in [-0.15, -0.1) is 0 Å². The Morgan fingerprint density at radius 3 is 3.04 bits per heavy atom. The Morgan fingerprint density at radius 2 is 2.21 bits per heavy atom. The zero-order valence-electron chi connectivity index (χ0n) is 13.2. The molecule has 1 unspecified atom stereocenters. The number of esters is 1. The first-order valence-electron chi connectivity index (χ1n) is 7.60. The maximum absolute atomic E-state index is 12.6. The van der Waals surface area contributed by atoms with E-state index in [1.165, 1.54) is 0 Å². The van der Waals surface area contributed by atoms with Crippen LogP contribution in [0, 0.1) is 0 Å². The molecule has 3 heterocycles. The molecule has 0 amide bonds. The summed E-state index contributed by atoms with van der Waals surface area (Å²) in [5.41, 5.74) is 4.16. The lowest BCUT2D eigenvalue weighted by atomic mass is 9.82. The van der Waals surface area contributed by atoms with Gasteiger partial charge in [0.05, 0.1) is 24.3 Å². The molecule has 0 fully saturated rings. The van der Waals surface area contributed by atoms with Gasteiger partial charge in [0.2, 0.25) is 0 Å². The maximum Gasteiger partial charge on any atom is 0.336 e. The predicted octanol–water partition coefficient (Wildman–Crippen LogP) is 2.34. The van der Waals surface area contributed by atoms with Gasteiger partial charge in [0.1, 0.15) is 16.9 Å². The Hall–Kier alpha value is -3.16. The molecule has 0 saturated carbocycles. The lowest BCUT2D eigenvalue weighted by Crippen LogP contribution is -2.24. The number of H-pyrrole nitrogens is 1. The van der Waals surface area contributed by atoms with Crippen LogP contribution in [-0.4, -0.2) is 33.1 Å². The van der Waals surface area contributed by atoms with Crippen LogP contribution in [0.5, 0.6) is 0 Å². The number of aromatic nitrogens is 4. The van der Waals surface area contributed by atoms with Crippen LogP contribution in [0.1, 0.15) is 30.9 Å². The number of hydrogen-bond acceptors (Lipinski definition) is 7. The summed E-state index contributed by atoms with van der Waals surface area (Å²) in [4.78, 5) is 12.6. The third-order valence-corrected chi connectivity index (χ3v) is 4.11. The molecule has 4 rings (SSSR count). The summed E-state index contributed by atoms with van der Waals surface area (Å²) in [6.07, 6.45) is 1.70. The van der Waals surface area contributed by atoms with Crippen molar-refractivity contribution in [2.45, 2.75) is 19.8 Å². The zero-order valence-corrected chi connectivity index (χ0v) is 13.2. The SMILES string of the molecule is CCOC(=O)C1=C(C)Nc2[nH]ncc2C1c1cccc2nonc12. The van der Waals surface area contributed by atoms with Gasteiger partial charge in [-0.1, -0.05) is 12.1 Å². The van der Waals surface area contributed by atoms with E-state index in [4.69, 9.17) is 9.37 Å². The van der Waals surface area contributed by atoms with Gasteiger partial charge in [-0.2, -0.15) is 5.10 Å². The molecular formula is C16H15N5O3. The highest BCUT2D eigenvalue weighted by molar-refractivity contribution is 5.96. The smallest absolute Gasteiger partial charge is 0.336 e. The molecule has 8 nitrogen and oxygen atoms in total. The van der Waals surface area contributed by atoms with Crippen molar-refractivity contribution in [1.82, 2.24) is 20.5 Å². The van der Waals surface area contributed by atoms with E-state index in [0.29, 0.717) is 28.9 Å². The fourth-order valence-corrected chi connectivity index (χ4v) is 3.10. The van der Waals surface area contributed by atoms with Gasteiger partial charge in [0, 0.05) is 11.3 Å². The third kappa shape index (κ3) is 2.07. The molecule has 1 aromatic carbocycles. The topological polar surface area (TPSA) is 106 Å². The van der Waals surface area contributed by atoms with E-state index in [0.717, 1.165) is 16.9 Å². The first-order chi connectivity index (χ1) is 11.7. The highest BCUT2D eigenvalue weighted by Crippen LogP contribution is 2.42. The van der Waals surface area contributed by atoms with Crippen molar-refractivity contribution in [2.24, 2.45) is 0 Å². The van der Waals surface area contributed by atoms with Crippen LogP contribution < -0.4 is 5.32 Å².